The summed E-state index contributed by atoms with van der Waals surface area (Å²) in [7, 11) is 0. The fraction of sp³-hybridized carbons (Fsp3) is 0.429. The summed E-state index contributed by atoms with van der Waals surface area (Å²) in [5.41, 5.74) is 1.82. The molecule has 1 aromatic carbocycles. The van der Waals surface area contributed by atoms with E-state index in [0.29, 0.717) is 18.3 Å². The van der Waals surface area contributed by atoms with E-state index in [1.54, 1.807) is 6.08 Å². The summed E-state index contributed by atoms with van der Waals surface area (Å²) in [6.07, 6.45) is 14.8. The third-order valence-corrected chi connectivity index (χ3v) is 4.52. The van der Waals surface area contributed by atoms with Crippen molar-refractivity contribution in [2.75, 3.05) is 0 Å². The van der Waals surface area contributed by atoms with Crippen LogP contribution in [0.1, 0.15) is 49.7 Å². The first-order chi connectivity index (χ1) is 11.8. The molecule has 0 amide bonds. The molecule has 1 saturated carbocycles. The highest BCUT2D eigenvalue weighted by Crippen LogP contribution is 2.30. The molecular weight excluding hydrogens is 296 g/mol. The molecule has 1 aliphatic rings. The van der Waals surface area contributed by atoms with E-state index in [0.717, 1.165) is 30.7 Å². The van der Waals surface area contributed by atoms with Crippen molar-refractivity contribution < 1.29 is 4.74 Å². The monoisotopic (exact) mass is 320 g/mol. The van der Waals surface area contributed by atoms with E-state index in [-0.39, 0.29) is 0 Å². The Balaban J connectivity index is 1.62. The zero-order valence-electron chi connectivity index (χ0n) is 14.0. The molecule has 0 N–H and O–H groups in total. The summed E-state index contributed by atoms with van der Waals surface area (Å²) in [6, 6.07) is 11.7. The summed E-state index contributed by atoms with van der Waals surface area (Å²) in [4.78, 5) is 0. The van der Waals surface area contributed by atoms with Gasteiger partial charge in [0.05, 0.1) is 30.4 Å². The van der Waals surface area contributed by atoms with Crippen LogP contribution in [0.5, 0.6) is 0 Å². The van der Waals surface area contributed by atoms with Gasteiger partial charge in [-0.15, -0.1) is 0 Å². The molecule has 0 spiro atoms. The summed E-state index contributed by atoms with van der Waals surface area (Å²) >= 11 is 0. The third kappa shape index (κ3) is 6.41. The molecule has 1 fully saturated rings. The topological polar surface area (TPSA) is 56.8 Å². The molecule has 2 rings (SSSR count). The van der Waals surface area contributed by atoms with Gasteiger partial charge in [0.15, 0.2) is 0 Å². The lowest BCUT2D eigenvalue weighted by molar-refractivity contribution is 0.00647. The van der Waals surface area contributed by atoms with Crippen LogP contribution in [0.25, 0.3) is 0 Å². The van der Waals surface area contributed by atoms with Gasteiger partial charge in [0.25, 0.3) is 0 Å². The van der Waals surface area contributed by atoms with Gasteiger partial charge in [-0.05, 0) is 62.1 Å². The number of hydrogen-bond acceptors (Lipinski definition) is 3. The lowest BCUT2D eigenvalue weighted by Crippen LogP contribution is -2.21. The minimum absolute atomic E-state index is 0.367. The molecule has 1 aromatic rings. The van der Waals surface area contributed by atoms with Crippen molar-refractivity contribution in [3.63, 3.8) is 0 Å². The zero-order valence-corrected chi connectivity index (χ0v) is 14.0. The number of rotatable bonds is 7. The molecule has 1 aliphatic carbocycles. The van der Waals surface area contributed by atoms with Gasteiger partial charge in [0, 0.05) is 6.08 Å². The molecule has 124 valence electrons. The Kier molecular flexibility index (Phi) is 7.81. The summed E-state index contributed by atoms with van der Waals surface area (Å²) in [5, 5.41) is 17.2. The Hall–Kier alpha value is -2.36. The summed E-state index contributed by atoms with van der Waals surface area (Å²) in [5.74, 6) is 0.796. The lowest BCUT2D eigenvalue weighted by Gasteiger charge is -2.28. The van der Waals surface area contributed by atoms with E-state index >= 15 is 0 Å². The summed E-state index contributed by atoms with van der Waals surface area (Å²) < 4.78 is 6.02. The van der Waals surface area contributed by atoms with Gasteiger partial charge in [0.2, 0.25) is 0 Å². The first-order valence-electron chi connectivity index (χ1n) is 8.63. The van der Waals surface area contributed by atoms with E-state index in [4.69, 9.17) is 15.3 Å². The Morgan fingerprint density at radius 1 is 1.04 bits per heavy atom. The quantitative estimate of drug-likeness (QED) is 0.522. The molecule has 0 radical (unpaired) electrons. The van der Waals surface area contributed by atoms with Crippen LogP contribution >= 0.6 is 0 Å². The Bertz CT molecular complexity index is 623. The number of nitrogens with zero attached hydrogens (tertiary/aromatic N) is 2. The summed E-state index contributed by atoms with van der Waals surface area (Å²) in [6.45, 7) is 0.634. The molecular formula is C21H24N2O. The Morgan fingerprint density at radius 3 is 2.46 bits per heavy atom. The molecule has 24 heavy (non-hydrogen) atoms. The first-order valence-corrected chi connectivity index (χ1v) is 8.63. The Morgan fingerprint density at radius 2 is 1.79 bits per heavy atom. The molecule has 3 nitrogen and oxygen atoms in total. The van der Waals surface area contributed by atoms with Gasteiger partial charge in [-0.3, -0.25) is 0 Å². The number of nitriles is 2. The Labute approximate surface area is 144 Å². The number of allylic oxidation sites excluding steroid dienone is 4. The minimum atomic E-state index is 0.367. The van der Waals surface area contributed by atoms with Gasteiger partial charge in [-0.1, -0.05) is 30.4 Å². The van der Waals surface area contributed by atoms with Crippen LogP contribution in [-0.4, -0.2) is 6.10 Å². The van der Waals surface area contributed by atoms with E-state index in [1.807, 2.05) is 36.4 Å². The second kappa shape index (κ2) is 10.4. The molecule has 0 atom stereocenters. The average Bonchev–Trinajstić information content (AvgIpc) is 2.64. The molecule has 0 aliphatic heterocycles. The van der Waals surface area contributed by atoms with Crippen LogP contribution in [0.2, 0.25) is 0 Å². The highest BCUT2D eigenvalue weighted by molar-refractivity contribution is 5.31. The molecule has 0 heterocycles. The number of benzene rings is 1. The largest absolute Gasteiger partial charge is 0.374 e. The van der Waals surface area contributed by atoms with Crippen LogP contribution in [0.15, 0.2) is 48.6 Å². The van der Waals surface area contributed by atoms with E-state index in [1.165, 1.54) is 25.3 Å². The van der Waals surface area contributed by atoms with E-state index in [2.05, 4.69) is 12.1 Å². The maximum Gasteiger partial charge on any atom is 0.0991 e. The smallest absolute Gasteiger partial charge is 0.0991 e. The average molecular weight is 320 g/mol. The van der Waals surface area contributed by atoms with Crippen LogP contribution in [-0.2, 0) is 11.3 Å². The van der Waals surface area contributed by atoms with Crippen LogP contribution in [0, 0.1) is 28.6 Å². The van der Waals surface area contributed by atoms with Crippen LogP contribution in [0.3, 0.4) is 0 Å². The van der Waals surface area contributed by atoms with Gasteiger partial charge in [-0.2, -0.15) is 10.5 Å². The van der Waals surface area contributed by atoms with Crippen molar-refractivity contribution in [3.05, 3.63) is 59.7 Å². The third-order valence-electron chi connectivity index (χ3n) is 4.52. The zero-order chi connectivity index (χ0) is 17.0. The SMILES string of the molecule is N#C/C=C/C=C/CCC1CCC(OCc2ccc(C#N)cc2)CC1. The fourth-order valence-corrected chi connectivity index (χ4v) is 3.08. The molecule has 0 bridgehead atoms. The molecule has 0 aromatic heterocycles. The van der Waals surface area contributed by atoms with Crippen molar-refractivity contribution in [3.8, 4) is 12.1 Å². The predicted octanol–water partition coefficient (Wildman–Crippen LogP) is 5.05. The molecule has 0 saturated heterocycles. The minimum Gasteiger partial charge on any atom is -0.374 e. The first kappa shape index (κ1) is 18.0. The fourth-order valence-electron chi connectivity index (χ4n) is 3.08. The standard InChI is InChI=1S/C21H24N2O/c22-15-5-3-1-2-4-6-18-11-13-21(14-12-18)24-17-20-9-7-19(16-23)8-10-20/h1-3,5,7-10,18,21H,4,6,11-14,17H2/b2-1+,5-3+. The number of ether oxygens (including phenoxy) is 1. The number of hydrogen-bond donors (Lipinski definition) is 0. The van der Waals surface area contributed by atoms with Crippen molar-refractivity contribution in [1.29, 1.82) is 10.5 Å². The van der Waals surface area contributed by atoms with Crippen molar-refractivity contribution in [2.24, 2.45) is 5.92 Å². The normalized spacial score (nSPS) is 20.9. The maximum absolute atomic E-state index is 8.80. The van der Waals surface area contributed by atoms with Gasteiger partial charge >= 0.3 is 0 Å². The van der Waals surface area contributed by atoms with Gasteiger partial charge in [-0.25, -0.2) is 0 Å². The van der Waals surface area contributed by atoms with Gasteiger partial charge in [0.1, 0.15) is 0 Å². The highest BCUT2D eigenvalue weighted by Gasteiger charge is 2.21. The van der Waals surface area contributed by atoms with Crippen LogP contribution in [0.4, 0.5) is 0 Å². The van der Waals surface area contributed by atoms with Crippen LogP contribution < -0.4 is 0 Å². The maximum atomic E-state index is 8.80. The van der Waals surface area contributed by atoms with Crippen molar-refractivity contribution in [2.45, 2.75) is 51.2 Å². The molecule has 0 unspecified atom stereocenters. The molecule has 3 heteroatoms. The van der Waals surface area contributed by atoms with Crippen molar-refractivity contribution >= 4 is 0 Å². The predicted molar refractivity (Wildman–Crippen MR) is 94.8 cm³/mol. The second-order valence-electron chi connectivity index (χ2n) is 6.26. The lowest BCUT2D eigenvalue weighted by atomic mass is 9.84. The van der Waals surface area contributed by atoms with E-state index < -0.39 is 0 Å². The van der Waals surface area contributed by atoms with Gasteiger partial charge < -0.3 is 4.74 Å². The van der Waals surface area contributed by atoms with Crippen molar-refractivity contribution in [1.82, 2.24) is 0 Å². The second-order valence-corrected chi connectivity index (χ2v) is 6.26. The highest BCUT2D eigenvalue weighted by atomic mass is 16.5. The van der Waals surface area contributed by atoms with E-state index in [9.17, 15) is 0 Å².